The van der Waals surface area contributed by atoms with Gasteiger partial charge < -0.3 is 9.80 Å². The van der Waals surface area contributed by atoms with Crippen LogP contribution in [0.2, 0.25) is 0 Å². The Bertz CT molecular complexity index is 1260. The normalized spacial score (nSPS) is 20.9. The molecule has 0 unspecified atom stereocenters. The van der Waals surface area contributed by atoms with Crippen LogP contribution >= 0.6 is 0 Å². The zero-order valence-electron chi connectivity index (χ0n) is 17.3. The summed E-state index contributed by atoms with van der Waals surface area (Å²) in [4.78, 5) is 27.7. The van der Waals surface area contributed by atoms with Crippen LogP contribution in [-0.4, -0.2) is 86.9 Å². The first-order valence-corrected chi connectivity index (χ1v) is 13.0. The molecule has 10 nitrogen and oxygen atoms in total. The van der Waals surface area contributed by atoms with Crippen LogP contribution in [0.15, 0.2) is 57.5 Å². The van der Waals surface area contributed by atoms with Gasteiger partial charge >= 0.3 is 0 Å². The first-order valence-electron chi connectivity index (χ1n) is 9.97. The minimum atomic E-state index is -3.77. The fourth-order valence-corrected chi connectivity index (χ4v) is 6.10. The average Bonchev–Trinajstić information content (AvgIpc) is 2.77. The summed E-state index contributed by atoms with van der Waals surface area (Å²) >= 11 is 0. The molecule has 3 heterocycles. The number of benzene rings is 1. The Balaban J connectivity index is 1.47. The van der Waals surface area contributed by atoms with Crippen LogP contribution in [0.4, 0.5) is 0 Å². The van der Waals surface area contributed by atoms with E-state index in [1.807, 2.05) is 0 Å². The summed E-state index contributed by atoms with van der Waals surface area (Å²) in [5, 5.41) is 0. The molecule has 170 valence electrons. The Kier molecular flexibility index (Phi) is 5.77. The molecule has 1 saturated heterocycles. The van der Waals surface area contributed by atoms with E-state index in [1.54, 1.807) is 17.2 Å². The molecule has 32 heavy (non-hydrogen) atoms. The van der Waals surface area contributed by atoms with E-state index in [9.17, 15) is 26.4 Å². The lowest BCUT2D eigenvalue weighted by molar-refractivity contribution is -0.127. The lowest BCUT2D eigenvalue weighted by Crippen LogP contribution is -2.52. The van der Waals surface area contributed by atoms with Crippen LogP contribution in [0.25, 0.3) is 0 Å². The molecule has 3 aliphatic rings. The van der Waals surface area contributed by atoms with E-state index in [-0.39, 0.29) is 60.6 Å². The summed E-state index contributed by atoms with van der Waals surface area (Å²) in [5.74, 6) is -0.559. The zero-order chi connectivity index (χ0) is 23.1. The van der Waals surface area contributed by atoms with E-state index in [1.165, 1.54) is 46.5 Å². The van der Waals surface area contributed by atoms with E-state index in [2.05, 4.69) is 4.40 Å². The Hall–Kier alpha value is -2.83. The fraction of sp³-hybridized carbons (Fsp3) is 0.350. The number of hydrogen-bond donors (Lipinski definition) is 0. The Labute approximate surface area is 186 Å². The maximum absolute atomic E-state index is 13.1. The number of piperazine rings is 1. The van der Waals surface area contributed by atoms with E-state index in [0.29, 0.717) is 5.56 Å². The smallest absolute Gasteiger partial charge is 0.257 e. The van der Waals surface area contributed by atoms with Gasteiger partial charge in [0.1, 0.15) is 0 Å². The largest absolute Gasteiger partial charge is 0.336 e. The highest BCUT2D eigenvalue weighted by Crippen LogP contribution is 2.22. The van der Waals surface area contributed by atoms with E-state index < -0.39 is 26.0 Å². The molecule has 4 rings (SSSR count). The van der Waals surface area contributed by atoms with Crippen LogP contribution < -0.4 is 0 Å². The van der Waals surface area contributed by atoms with Crippen molar-refractivity contribution in [3.05, 3.63) is 53.8 Å². The molecule has 0 bridgehead atoms. The lowest BCUT2D eigenvalue weighted by Gasteiger charge is -2.36. The molecule has 0 aromatic heterocycles. The molecule has 1 aromatic carbocycles. The van der Waals surface area contributed by atoms with Crippen molar-refractivity contribution >= 4 is 37.6 Å². The molecule has 0 spiro atoms. The molecule has 1 amide bonds. The standard InChI is InChI=1S/C20H22N4O6S2/c1-15(25)16-4-6-17(7-5-16)32(29,30)24-11-9-23(10-12-24)20(26)18-3-2-8-22-13-14-31(27,28)21-19(18)22/h2-8H,9-14H2,1H3. The van der Waals surface area contributed by atoms with Crippen molar-refractivity contribution in [2.75, 3.05) is 38.5 Å². The van der Waals surface area contributed by atoms with Crippen molar-refractivity contribution in [2.45, 2.75) is 11.8 Å². The van der Waals surface area contributed by atoms with Gasteiger partial charge in [0.15, 0.2) is 11.6 Å². The predicted molar refractivity (Wildman–Crippen MR) is 117 cm³/mol. The number of carbonyl (C=O) groups is 2. The molecule has 0 aliphatic carbocycles. The SMILES string of the molecule is CC(=O)c1ccc(S(=O)(=O)N2CCN(C(=O)C3=CC=CN4CCS(=O)(=O)N=C34)CC2)cc1. The minimum Gasteiger partial charge on any atom is -0.336 e. The second-order valence-electron chi connectivity index (χ2n) is 7.59. The quantitative estimate of drug-likeness (QED) is 0.567. The zero-order valence-corrected chi connectivity index (χ0v) is 19.0. The van der Waals surface area contributed by atoms with Gasteiger partial charge in [-0.2, -0.15) is 4.31 Å². The van der Waals surface area contributed by atoms with Crippen LogP contribution in [0.3, 0.4) is 0 Å². The highest BCUT2D eigenvalue weighted by atomic mass is 32.2. The number of Topliss-reactive ketones (excluding diaryl/α,β-unsaturated/α-hetero) is 1. The molecule has 0 radical (unpaired) electrons. The van der Waals surface area contributed by atoms with Gasteiger partial charge in [-0.15, -0.1) is 4.40 Å². The highest BCUT2D eigenvalue weighted by Gasteiger charge is 2.35. The summed E-state index contributed by atoms with van der Waals surface area (Å²) in [6.45, 7) is 2.14. The summed E-state index contributed by atoms with van der Waals surface area (Å²) in [7, 11) is -7.39. The van der Waals surface area contributed by atoms with Crippen LogP contribution in [0, 0.1) is 0 Å². The molecule has 0 N–H and O–H groups in total. The van der Waals surface area contributed by atoms with Crippen LogP contribution in [0.5, 0.6) is 0 Å². The monoisotopic (exact) mass is 478 g/mol. The van der Waals surface area contributed by atoms with Gasteiger partial charge in [0.25, 0.3) is 15.9 Å². The van der Waals surface area contributed by atoms with Gasteiger partial charge in [0, 0.05) is 44.5 Å². The van der Waals surface area contributed by atoms with Gasteiger partial charge in [-0.05, 0) is 31.2 Å². The van der Waals surface area contributed by atoms with Crippen molar-refractivity contribution in [1.82, 2.24) is 14.1 Å². The maximum Gasteiger partial charge on any atom is 0.257 e. The van der Waals surface area contributed by atoms with E-state index in [4.69, 9.17) is 0 Å². The van der Waals surface area contributed by atoms with Gasteiger partial charge in [0.05, 0.1) is 16.2 Å². The van der Waals surface area contributed by atoms with Crippen LogP contribution in [0.1, 0.15) is 17.3 Å². The Morgan fingerprint density at radius 2 is 1.66 bits per heavy atom. The van der Waals surface area contributed by atoms with Gasteiger partial charge in [-0.3, -0.25) is 9.59 Å². The number of sulfonamides is 2. The number of allylic oxidation sites excluding steroid dienone is 2. The first kappa shape index (κ1) is 22.4. The second kappa shape index (κ2) is 8.26. The third-order valence-corrected chi connectivity index (χ3v) is 8.57. The second-order valence-corrected chi connectivity index (χ2v) is 11.3. The highest BCUT2D eigenvalue weighted by molar-refractivity contribution is 7.90. The number of carbonyl (C=O) groups excluding carboxylic acids is 2. The summed E-state index contributed by atoms with van der Waals surface area (Å²) in [6, 6.07) is 5.75. The molecular weight excluding hydrogens is 456 g/mol. The molecule has 1 fully saturated rings. The third kappa shape index (κ3) is 4.25. The van der Waals surface area contributed by atoms with Gasteiger partial charge in [0.2, 0.25) is 10.0 Å². The fourth-order valence-electron chi connectivity index (χ4n) is 3.70. The number of rotatable bonds is 4. The van der Waals surface area contributed by atoms with Crippen molar-refractivity contribution < 1.29 is 26.4 Å². The number of amides is 1. The number of fused-ring (bicyclic) bond motifs is 1. The molecule has 3 aliphatic heterocycles. The minimum absolute atomic E-state index is 0.0832. The molecular formula is C20H22N4O6S2. The maximum atomic E-state index is 13.1. The van der Waals surface area contributed by atoms with E-state index in [0.717, 1.165) is 0 Å². The molecule has 0 atom stereocenters. The van der Waals surface area contributed by atoms with Crippen molar-refractivity contribution in [3.63, 3.8) is 0 Å². The summed E-state index contributed by atoms with van der Waals surface area (Å²) in [5.41, 5.74) is 0.600. The molecule has 12 heteroatoms. The number of hydrogen-bond acceptors (Lipinski definition) is 7. The van der Waals surface area contributed by atoms with Crippen molar-refractivity contribution in [2.24, 2.45) is 4.40 Å². The topological polar surface area (TPSA) is 124 Å². The average molecular weight is 479 g/mol. The van der Waals surface area contributed by atoms with Crippen molar-refractivity contribution in [3.8, 4) is 0 Å². The van der Waals surface area contributed by atoms with Crippen molar-refractivity contribution in [1.29, 1.82) is 0 Å². The van der Waals surface area contributed by atoms with Crippen LogP contribution in [-0.2, 0) is 24.8 Å². The predicted octanol–water partition coefficient (Wildman–Crippen LogP) is 0.220. The lowest BCUT2D eigenvalue weighted by atomic mass is 10.1. The van der Waals surface area contributed by atoms with Gasteiger partial charge in [-0.25, -0.2) is 16.8 Å². The van der Waals surface area contributed by atoms with E-state index >= 15 is 0 Å². The molecule has 1 aromatic rings. The number of nitrogens with zero attached hydrogens (tertiary/aromatic N) is 4. The summed E-state index contributed by atoms with van der Waals surface area (Å²) in [6.07, 6.45) is 4.86. The number of ketones is 1. The number of amidine groups is 1. The summed E-state index contributed by atoms with van der Waals surface area (Å²) < 4.78 is 54.7. The Morgan fingerprint density at radius 3 is 2.28 bits per heavy atom. The Morgan fingerprint density at radius 1 is 1.00 bits per heavy atom. The van der Waals surface area contributed by atoms with Gasteiger partial charge in [-0.1, -0.05) is 12.1 Å². The molecule has 0 saturated carbocycles. The first-order chi connectivity index (χ1) is 15.1. The third-order valence-electron chi connectivity index (χ3n) is 5.51.